The van der Waals surface area contributed by atoms with E-state index in [4.69, 9.17) is 0 Å². The van der Waals surface area contributed by atoms with Gasteiger partial charge in [-0.1, -0.05) is 33.8 Å². The second kappa shape index (κ2) is 5.57. The highest BCUT2D eigenvalue weighted by molar-refractivity contribution is 8.00. The molecule has 0 aliphatic rings. The molecule has 1 aromatic rings. The number of thioether (sulfide) groups is 1. The lowest BCUT2D eigenvalue weighted by Crippen LogP contribution is -2.13. The zero-order valence-electron chi connectivity index (χ0n) is 11.4. The van der Waals surface area contributed by atoms with Gasteiger partial charge in [0.05, 0.1) is 5.56 Å². The van der Waals surface area contributed by atoms with Crippen LogP contribution in [0.25, 0.3) is 0 Å². The maximum atomic E-state index is 12.9. The predicted octanol–water partition coefficient (Wildman–Crippen LogP) is 5.19. The molecular formula is C14H17F3OS. The summed E-state index contributed by atoms with van der Waals surface area (Å²) < 4.78 is 38.5. The van der Waals surface area contributed by atoms with Crippen molar-refractivity contribution in [2.24, 2.45) is 0 Å². The van der Waals surface area contributed by atoms with E-state index in [2.05, 4.69) is 0 Å². The van der Waals surface area contributed by atoms with E-state index >= 15 is 0 Å². The van der Waals surface area contributed by atoms with Crippen molar-refractivity contribution < 1.29 is 18.0 Å². The Labute approximate surface area is 115 Å². The summed E-state index contributed by atoms with van der Waals surface area (Å²) >= 11 is 1.12. The summed E-state index contributed by atoms with van der Waals surface area (Å²) in [4.78, 5) is 11.7. The van der Waals surface area contributed by atoms with E-state index in [1.54, 1.807) is 6.92 Å². The first kappa shape index (κ1) is 16.1. The number of carbonyl (C=O) groups is 1. The molecule has 1 rings (SSSR count). The first-order valence-corrected chi connectivity index (χ1v) is 6.79. The largest absolute Gasteiger partial charge is 0.417 e. The lowest BCUT2D eigenvalue weighted by atomic mass is 10.1. The van der Waals surface area contributed by atoms with Gasteiger partial charge in [-0.2, -0.15) is 13.2 Å². The standard InChI is InChI=1S/C14H17F3OS/c1-5-11(18)9-6-7-10(14(15,16)17)12(8-9)19-13(2,3)4/h6-8H,5H2,1-4H3. The van der Waals surface area contributed by atoms with Gasteiger partial charge in [0.2, 0.25) is 0 Å². The van der Waals surface area contributed by atoms with Gasteiger partial charge in [-0.25, -0.2) is 0 Å². The highest BCUT2D eigenvalue weighted by Gasteiger charge is 2.34. The molecule has 0 saturated heterocycles. The molecule has 0 atom stereocenters. The zero-order chi connectivity index (χ0) is 14.8. The van der Waals surface area contributed by atoms with Crippen molar-refractivity contribution in [1.29, 1.82) is 0 Å². The molecule has 0 heterocycles. The molecule has 0 radical (unpaired) electrons. The topological polar surface area (TPSA) is 17.1 Å². The first-order chi connectivity index (χ1) is 8.54. The third kappa shape index (κ3) is 4.56. The lowest BCUT2D eigenvalue weighted by molar-refractivity contribution is -0.139. The third-order valence-electron chi connectivity index (χ3n) is 2.35. The van der Waals surface area contributed by atoms with Crippen molar-refractivity contribution >= 4 is 17.5 Å². The van der Waals surface area contributed by atoms with Gasteiger partial charge in [0.15, 0.2) is 5.78 Å². The smallest absolute Gasteiger partial charge is 0.294 e. The van der Waals surface area contributed by atoms with Crippen molar-refractivity contribution in [3.63, 3.8) is 0 Å². The maximum Gasteiger partial charge on any atom is 0.417 e. The summed E-state index contributed by atoms with van der Waals surface area (Å²) in [6, 6.07) is 3.60. The summed E-state index contributed by atoms with van der Waals surface area (Å²) in [7, 11) is 0. The Hall–Kier alpha value is -0.970. The normalized spacial score (nSPS) is 12.6. The summed E-state index contributed by atoms with van der Waals surface area (Å²) in [5.74, 6) is -0.149. The second-order valence-corrected chi connectivity index (χ2v) is 7.07. The fourth-order valence-electron chi connectivity index (χ4n) is 1.55. The van der Waals surface area contributed by atoms with E-state index < -0.39 is 11.7 Å². The summed E-state index contributed by atoms with van der Waals surface area (Å²) in [5, 5.41) is 0. The molecule has 5 heteroatoms. The van der Waals surface area contributed by atoms with Crippen LogP contribution in [0.2, 0.25) is 0 Å². The van der Waals surface area contributed by atoms with Gasteiger partial charge in [-0.3, -0.25) is 4.79 Å². The number of hydrogen-bond donors (Lipinski definition) is 0. The Morgan fingerprint density at radius 3 is 2.21 bits per heavy atom. The van der Waals surface area contributed by atoms with Crippen LogP contribution in [0.3, 0.4) is 0 Å². The van der Waals surface area contributed by atoms with Gasteiger partial charge in [0.25, 0.3) is 0 Å². The number of rotatable bonds is 3. The van der Waals surface area contributed by atoms with Crippen molar-refractivity contribution in [2.75, 3.05) is 0 Å². The summed E-state index contributed by atoms with van der Waals surface area (Å²) in [6.45, 7) is 7.21. The number of halogens is 3. The average molecular weight is 290 g/mol. The van der Waals surface area contributed by atoms with Crippen LogP contribution in [-0.2, 0) is 6.18 Å². The number of Topliss-reactive ketones (excluding diaryl/α,β-unsaturated/α-hetero) is 1. The van der Waals surface area contributed by atoms with Crippen molar-refractivity contribution in [3.05, 3.63) is 29.3 Å². The average Bonchev–Trinajstić information content (AvgIpc) is 2.24. The van der Waals surface area contributed by atoms with Crippen molar-refractivity contribution in [2.45, 2.75) is 49.9 Å². The summed E-state index contributed by atoms with van der Waals surface area (Å²) in [6.07, 6.45) is -4.12. The van der Waals surface area contributed by atoms with E-state index in [0.29, 0.717) is 5.56 Å². The van der Waals surface area contributed by atoms with Crippen LogP contribution < -0.4 is 0 Å². The molecule has 106 valence electrons. The van der Waals surface area contributed by atoms with Crippen LogP contribution in [0, 0.1) is 0 Å². The minimum absolute atomic E-state index is 0.110. The molecule has 1 nitrogen and oxygen atoms in total. The Morgan fingerprint density at radius 1 is 1.21 bits per heavy atom. The molecule has 0 aromatic heterocycles. The van der Waals surface area contributed by atoms with E-state index in [0.717, 1.165) is 17.8 Å². The fraction of sp³-hybridized carbons (Fsp3) is 0.500. The number of benzene rings is 1. The van der Waals surface area contributed by atoms with E-state index in [9.17, 15) is 18.0 Å². The Bertz CT molecular complexity index is 473. The van der Waals surface area contributed by atoms with Gasteiger partial charge in [-0.15, -0.1) is 11.8 Å². The van der Waals surface area contributed by atoms with Crippen LogP contribution >= 0.6 is 11.8 Å². The van der Waals surface area contributed by atoms with Crippen LogP contribution in [0.1, 0.15) is 50.0 Å². The molecule has 0 fully saturated rings. The van der Waals surface area contributed by atoms with Gasteiger partial charge in [0, 0.05) is 21.6 Å². The minimum Gasteiger partial charge on any atom is -0.294 e. The first-order valence-electron chi connectivity index (χ1n) is 5.98. The molecule has 0 unspecified atom stereocenters. The zero-order valence-corrected chi connectivity index (χ0v) is 12.2. The van der Waals surface area contributed by atoms with Crippen molar-refractivity contribution in [1.82, 2.24) is 0 Å². The molecule has 19 heavy (non-hydrogen) atoms. The molecule has 0 bridgehead atoms. The van der Waals surface area contributed by atoms with Crippen LogP contribution in [0.4, 0.5) is 13.2 Å². The molecule has 0 spiro atoms. The summed E-state index contributed by atoms with van der Waals surface area (Å²) in [5.41, 5.74) is -0.345. The van der Waals surface area contributed by atoms with E-state index in [1.165, 1.54) is 12.1 Å². The van der Waals surface area contributed by atoms with Gasteiger partial charge in [-0.05, 0) is 12.1 Å². The minimum atomic E-state index is -4.40. The Morgan fingerprint density at radius 2 is 1.79 bits per heavy atom. The highest BCUT2D eigenvalue weighted by Crippen LogP contribution is 2.41. The number of alkyl halides is 3. The van der Waals surface area contributed by atoms with E-state index in [-0.39, 0.29) is 21.8 Å². The molecule has 0 saturated carbocycles. The van der Waals surface area contributed by atoms with Crippen LogP contribution in [0.15, 0.2) is 23.1 Å². The van der Waals surface area contributed by atoms with Gasteiger partial charge < -0.3 is 0 Å². The Balaban J connectivity index is 3.30. The van der Waals surface area contributed by atoms with Crippen molar-refractivity contribution in [3.8, 4) is 0 Å². The third-order valence-corrected chi connectivity index (χ3v) is 3.52. The highest BCUT2D eigenvalue weighted by atomic mass is 32.2. The van der Waals surface area contributed by atoms with E-state index in [1.807, 2.05) is 20.8 Å². The molecule has 0 aliphatic heterocycles. The number of hydrogen-bond acceptors (Lipinski definition) is 2. The maximum absolute atomic E-state index is 12.9. The van der Waals surface area contributed by atoms with Gasteiger partial charge >= 0.3 is 6.18 Å². The number of carbonyl (C=O) groups excluding carboxylic acids is 1. The SMILES string of the molecule is CCC(=O)c1ccc(C(F)(F)F)c(SC(C)(C)C)c1. The molecule has 0 N–H and O–H groups in total. The monoisotopic (exact) mass is 290 g/mol. The second-order valence-electron chi connectivity index (χ2n) is 5.20. The molecular weight excluding hydrogens is 273 g/mol. The fourth-order valence-corrected chi connectivity index (χ4v) is 2.69. The predicted molar refractivity (Wildman–Crippen MR) is 71.7 cm³/mol. The molecule has 0 aliphatic carbocycles. The van der Waals surface area contributed by atoms with Crippen LogP contribution in [-0.4, -0.2) is 10.5 Å². The van der Waals surface area contributed by atoms with Gasteiger partial charge in [0.1, 0.15) is 0 Å². The lowest BCUT2D eigenvalue weighted by Gasteiger charge is -2.21. The number of ketones is 1. The molecule has 0 amide bonds. The Kier molecular flexibility index (Phi) is 4.72. The van der Waals surface area contributed by atoms with Crippen LogP contribution in [0.5, 0.6) is 0 Å². The quantitative estimate of drug-likeness (QED) is 0.563. The molecule has 1 aromatic carbocycles.